The molecule has 0 spiro atoms. The highest BCUT2D eigenvalue weighted by Crippen LogP contribution is 2.28. The maximum atomic E-state index is 12.9. The van der Waals surface area contributed by atoms with Crippen molar-refractivity contribution >= 4 is 33.2 Å². The Bertz CT molecular complexity index is 900. The van der Waals surface area contributed by atoms with E-state index in [0.29, 0.717) is 35.8 Å². The van der Waals surface area contributed by atoms with E-state index in [9.17, 15) is 13.2 Å². The smallest absolute Gasteiger partial charge is 0.243 e. The fraction of sp³-hybridized carbons (Fsp3) is 0.278. The van der Waals surface area contributed by atoms with Crippen LogP contribution in [0.2, 0.25) is 5.02 Å². The molecular weight excluding hydrogens is 376 g/mol. The molecule has 0 saturated carbocycles. The first-order valence-electron chi connectivity index (χ1n) is 8.14. The first-order chi connectivity index (χ1) is 12.4. The molecule has 138 valence electrons. The summed E-state index contributed by atoms with van der Waals surface area (Å²) in [5.74, 6) is 0.211. The third kappa shape index (κ3) is 3.85. The normalized spacial score (nSPS) is 17.8. The summed E-state index contributed by atoms with van der Waals surface area (Å²) in [7, 11) is -2.25. The zero-order valence-corrected chi connectivity index (χ0v) is 15.8. The van der Waals surface area contributed by atoms with Gasteiger partial charge in [-0.15, -0.1) is 0 Å². The molecule has 1 saturated heterocycles. The summed E-state index contributed by atoms with van der Waals surface area (Å²) in [6.07, 6.45) is 1.10. The second-order valence-electron chi connectivity index (χ2n) is 5.95. The molecule has 1 aliphatic heterocycles. The molecule has 1 fully saturated rings. The van der Waals surface area contributed by atoms with Gasteiger partial charge in [-0.2, -0.15) is 4.31 Å². The highest BCUT2D eigenvalue weighted by molar-refractivity contribution is 7.89. The lowest BCUT2D eigenvalue weighted by molar-refractivity contribution is -0.119. The van der Waals surface area contributed by atoms with Gasteiger partial charge in [-0.3, -0.25) is 4.79 Å². The van der Waals surface area contributed by atoms with Crippen LogP contribution in [0.1, 0.15) is 12.8 Å². The molecule has 6 nitrogen and oxygen atoms in total. The number of rotatable bonds is 5. The van der Waals surface area contributed by atoms with Crippen LogP contribution in [0.15, 0.2) is 53.4 Å². The van der Waals surface area contributed by atoms with Gasteiger partial charge >= 0.3 is 0 Å². The van der Waals surface area contributed by atoms with E-state index < -0.39 is 16.1 Å². The summed E-state index contributed by atoms with van der Waals surface area (Å²) in [4.78, 5) is 12.8. The van der Waals surface area contributed by atoms with Crippen LogP contribution in [0.3, 0.4) is 0 Å². The van der Waals surface area contributed by atoms with Gasteiger partial charge < -0.3 is 10.1 Å². The monoisotopic (exact) mass is 394 g/mol. The maximum absolute atomic E-state index is 12.9. The Labute approximate surface area is 157 Å². The van der Waals surface area contributed by atoms with Gasteiger partial charge in [0.25, 0.3) is 0 Å². The highest BCUT2D eigenvalue weighted by Gasteiger charge is 2.39. The average molecular weight is 395 g/mol. The number of hydrogen-bond acceptors (Lipinski definition) is 4. The van der Waals surface area contributed by atoms with Crippen LogP contribution in [-0.2, 0) is 14.8 Å². The van der Waals surface area contributed by atoms with Gasteiger partial charge in [0.15, 0.2) is 0 Å². The number of methoxy groups -OCH3 is 1. The van der Waals surface area contributed by atoms with Crippen LogP contribution >= 0.6 is 11.6 Å². The van der Waals surface area contributed by atoms with E-state index in [0.717, 1.165) is 0 Å². The number of benzene rings is 2. The molecule has 0 aromatic heterocycles. The standard InChI is InChI=1S/C18H19ClN2O4S/c1-25-15-7-9-16(10-8-15)26(23,24)21-11-3-6-17(21)18(22)20-14-5-2-4-13(19)12-14/h2,4-5,7-10,12,17H,3,6,11H2,1H3,(H,20,22)/t17-/m0/s1. The highest BCUT2D eigenvalue weighted by atomic mass is 35.5. The number of ether oxygens (including phenoxy) is 1. The Morgan fingerprint density at radius 2 is 1.96 bits per heavy atom. The molecule has 26 heavy (non-hydrogen) atoms. The largest absolute Gasteiger partial charge is 0.497 e. The number of nitrogens with one attached hydrogen (secondary N) is 1. The van der Waals surface area contributed by atoms with E-state index in [1.54, 1.807) is 36.4 Å². The Hall–Kier alpha value is -2.09. The minimum atomic E-state index is -3.77. The number of nitrogens with zero attached hydrogens (tertiary/aromatic N) is 1. The quantitative estimate of drug-likeness (QED) is 0.845. The zero-order valence-electron chi connectivity index (χ0n) is 14.2. The van der Waals surface area contributed by atoms with Crippen LogP contribution in [0.5, 0.6) is 5.75 Å². The second-order valence-corrected chi connectivity index (χ2v) is 8.28. The summed E-state index contributed by atoms with van der Waals surface area (Å²) in [6, 6.07) is 12.1. The molecular formula is C18H19ClN2O4S. The van der Waals surface area contributed by atoms with Crippen molar-refractivity contribution in [3.05, 3.63) is 53.6 Å². The van der Waals surface area contributed by atoms with Crippen molar-refractivity contribution in [1.29, 1.82) is 0 Å². The molecule has 0 radical (unpaired) electrons. The van der Waals surface area contributed by atoms with Crippen molar-refractivity contribution in [2.45, 2.75) is 23.8 Å². The van der Waals surface area contributed by atoms with Gasteiger partial charge in [-0.25, -0.2) is 8.42 Å². The summed E-state index contributed by atoms with van der Waals surface area (Å²) >= 11 is 5.93. The Balaban J connectivity index is 1.81. The molecule has 1 amide bonds. The fourth-order valence-corrected chi connectivity index (χ4v) is 4.81. The van der Waals surface area contributed by atoms with Crippen molar-refractivity contribution in [2.75, 3.05) is 19.0 Å². The minimum Gasteiger partial charge on any atom is -0.497 e. The van der Waals surface area contributed by atoms with Gasteiger partial charge in [0.05, 0.1) is 12.0 Å². The number of sulfonamides is 1. The number of halogens is 1. The van der Waals surface area contributed by atoms with E-state index in [1.807, 2.05) is 0 Å². The maximum Gasteiger partial charge on any atom is 0.243 e. The molecule has 8 heteroatoms. The molecule has 1 atom stereocenters. The molecule has 0 unspecified atom stereocenters. The Morgan fingerprint density at radius 3 is 2.62 bits per heavy atom. The molecule has 2 aromatic rings. The molecule has 3 rings (SSSR count). The van der Waals surface area contributed by atoms with Crippen molar-refractivity contribution in [1.82, 2.24) is 4.31 Å². The molecule has 1 N–H and O–H groups in total. The van der Waals surface area contributed by atoms with Gasteiger partial charge in [-0.1, -0.05) is 17.7 Å². The number of anilines is 1. The zero-order chi connectivity index (χ0) is 18.7. The topological polar surface area (TPSA) is 75.7 Å². The minimum absolute atomic E-state index is 0.140. The van der Waals surface area contributed by atoms with Crippen molar-refractivity contribution in [3.8, 4) is 5.75 Å². The predicted octanol–water partition coefficient (Wildman–Crippen LogP) is 3.14. The number of hydrogen-bond donors (Lipinski definition) is 1. The molecule has 0 aliphatic carbocycles. The van der Waals surface area contributed by atoms with Gasteiger partial charge in [0.1, 0.15) is 11.8 Å². The Morgan fingerprint density at radius 1 is 1.23 bits per heavy atom. The van der Waals surface area contributed by atoms with Crippen LogP contribution in [0, 0.1) is 0 Å². The predicted molar refractivity (Wildman–Crippen MR) is 100.0 cm³/mol. The lowest BCUT2D eigenvalue weighted by Gasteiger charge is -2.23. The first-order valence-corrected chi connectivity index (χ1v) is 9.96. The number of carbonyl (C=O) groups is 1. The van der Waals surface area contributed by atoms with Crippen molar-refractivity contribution in [2.24, 2.45) is 0 Å². The molecule has 0 bridgehead atoms. The number of amides is 1. The van der Waals surface area contributed by atoms with E-state index in [-0.39, 0.29) is 10.8 Å². The third-order valence-corrected chi connectivity index (χ3v) is 6.42. The number of carbonyl (C=O) groups excluding carboxylic acids is 1. The summed E-state index contributed by atoms with van der Waals surface area (Å²) < 4.78 is 32.2. The van der Waals surface area contributed by atoms with Crippen LogP contribution in [0.25, 0.3) is 0 Å². The summed E-state index contributed by atoms with van der Waals surface area (Å²) in [6.45, 7) is 0.308. The first kappa shape index (κ1) is 18.7. The lowest BCUT2D eigenvalue weighted by Crippen LogP contribution is -2.43. The summed E-state index contributed by atoms with van der Waals surface area (Å²) in [5.41, 5.74) is 0.538. The van der Waals surface area contributed by atoms with Crippen molar-refractivity contribution < 1.29 is 17.9 Å². The van der Waals surface area contributed by atoms with E-state index in [1.165, 1.54) is 23.5 Å². The van der Waals surface area contributed by atoms with Crippen LogP contribution < -0.4 is 10.1 Å². The molecule has 1 heterocycles. The second kappa shape index (κ2) is 7.65. The molecule has 2 aromatic carbocycles. The van der Waals surface area contributed by atoms with E-state index >= 15 is 0 Å². The van der Waals surface area contributed by atoms with Crippen LogP contribution in [-0.4, -0.2) is 38.3 Å². The third-order valence-electron chi connectivity index (χ3n) is 4.26. The van der Waals surface area contributed by atoms with Crippen molar-refractivity contribution in [3.63, 3.8) is 0 Å². The molecule has 1 aliphatic rings. The average Bonchev–Trinajstić information content (AvgIpc) is 3.12. The van der Waals surface area contributed by atoms with E-state index in [4.69, 9.17) is 16.3 Å². The van der Waals surface area contributed by atoms with Gasteiger partial charge in [0, 0.05) is 17.3 Å². The SMILES string of the molecule is COc1ccc(S(=O)(=O)N2CCC[C@H]2C(=O)Nc2cccc(Cl)c2)cc1. The van der Waals surface area contributed by atoms with E-state index in [2.05, 4.69) is 5.32 Å². The Kier molecular flexibility index (Phi) is 5.50. The summed E-state index contributed by atoms with van der Waals surface area (Å²) in [5, 5.41) is 3.24. The lowest BCUT2D eigenvalue weighted by atomic mass is 10.2. The van der Waals surface area contributed by atoms with Crippen LogP contribution in [0.4, 0.5) is 5.69 Å². The van der Waals surface area contributed by atoms with Gasteiger partial charge in [-0.05, 0) is 55.3 Å². The fourth-order valence-electron chi connectivity index (χ4n) is 2.96. The van der Waals surface area contributed by atoms with Gasteiger partial charge in [0.2, 0.25) is 15.9 Å².